The molecule has 0 aromatic carbocycles. The lowest BCUT2D eigenvalue weighted by Crippen LogP contribution is -2.48. The minimum Gasteiger partial charge on any atom is -0.397 e. The molecule has 0 saturated carbocycles. The van der Waals surface area contributed by atoms with Gasteiger partial charge in [0.05, 0.1) is 36.1 Å². The molecule has 4 N–H and O–H groups in total. The van der Waals surface area contributed by atoms with E-state index in [1.165, 1.54) is 17.5 Å². The molecule has 5 heterocycles. The van der Waals surface area contributed by atoms with Gasteiger partial charge in [0.1, 0.15) is 11.5 Å². The molecule has 1 fully saturated rings. The first-order valence-corrected chi connectivity index (χ1v) is 8.73. The summed E-state index contributed by atoms with van der Waals surface area (Å²) in [5.41, 5.74) is 9.81. The second-order valence-corrected chi connectivity index (χ2v) is 6.76. The van der Waals surface area contributed by atoms with E-state index in [0.29, 0.717) is 11.7 Å². The summed E-state index contributed by atoms with van der Waals surface area (Å²) < 4.78 is 0. The van der Waals surface area contributed by atoms with E-state index in [-0.39, 0.29) is 0 Å². The zero-order chi connectivity index (χ0) is 16.8. The van der Waals surface area contributed by atoms with E-state index in [0.717, 1.165) is 43.3 Å². The van der Waals surface area contributed by atoms with Crippen LogP contribution in [0.3, 0.4) is 0 Å². The van der Waals surface area contributed by atoms with Gasteiger partial charge in [-0.15, -0.1) is 0 Å². The zero-order valence-electron chi connectivity index (χ0n) is 13.9. The van der Waals surface area contributed by atoms with Crippen molar-refractivity contribution in [3.8, 4) is 0 Å². The molecular formula is C18H21N7. The van der Waals surface area contributed by atoms with Crippen molar-refractivity contribution in [3.63, 3.8) is 0 Å². The summed E-state index contributed by atoms with van der Waals surface area (Å²) >= 11 is 0. The van der Waals surface area contributed by atoms with Gasteiger partial charge in [-0.3, -0.25) is 0 Å². The maximum atomic E-state index is 5.77. The number of aromatic nitrogens is 3. The average Bonchev–Trinajstić information content (AvgIpc) is 3.28. The van der Waals surface area contributed by atoms with Crippen LogP contribution in [0.25, 0.3) is 11.0 Å². The molecule has 1 saturated heterocycles. The second kappa shape index (κ2) is 5.54. The van der Waals surface area contributed by atoms with Crippen molar-refractivity contribution >= 4 is 33.9 Å². The van der Waals surface area contributed by atoms with Crippen molar-refractivity contribution < 1.29 is 0 Å². The summed E-state index contributed by atoms with van der Waals surface area (Å²) in [6.07, 6.45) is 7.96. The number of nitrogen functional groups attached to an aromatic ring is 1. The van der Waals surface area contributed by atoms with Crippen LogP contribution >= 0.6 is 0 Å². The van der Waals surface area contributed by atoms with Gasteiger partial charge in [-0.2, -0.15) is 0 Å². The first kappa shape index (κ1) is 14.4. The van der Waals surface area contributed by atoms with Crippen LogP contribution in [0.4, 0.5) is 22.9 Å². The van der Waals surface area contributed by atoms with E-state index < -0.39 is 0 Å². The van der Waals surface area contributed by atoms with Gasteiger partial charge < -0.3 is 25.8 Å². The van der Waals surface area contributed by atoms with Gasteiger partial charge in [-0.25, -0.2) is 9.97 Å². The molecule has 0 aliphatic carbocycles. The predicted molar refractivity (Wildman–Crippen MR) is 101 cm³/mol. The molecular weight excluding hydrogens is 314 g/mol. The van der Waals surface area contributed by atoms with Crippen LogP contribution in [0.1, 0.15) is 12.8 Å². The molecule has 0 unspecified atom stereocenters. The third-order valence-corrected chi connectivity index (χ3v) is 5.22. The number of anilines is 4. The molecule has 5 rings (SSSR count). The van der Waals surface area contributed by atoms with Gasteiger partial charge in [-0.05, 0) is 31.0 Å². The largest absolute Gasteiger partial charge is 0.397 e. The smallest absolute Gasteiger partial charge is 0.139 e. The van der Waals surface area contributed by atoms with E-state index in [9.17, 15) is 0 Å². The number of pyridine rings is 2. The van der Waals surface area contributed by atoms with Crippen molar-refractivity contribution in [2.45, 2.75) is 18.9 Å². The van der Waals surface area contributed by atoms with Crippen LogP contribution < -0.4 is 20.9 Å². The Morgan fingerprint density at radius 2 is 2.12 bits per heavy atom. The Kier molecular flexibility index (Phi) is 3.19. The minimum absolute atomic E-state index is 0.447. The number of aromatic amines is 1. The normalized spacial score (nSPS) is 19.9. The first-order valence-electron chi connectivity index (χ1n) is 8.73. The predicted octanol–water partition coefficient (Wildman–Crippen LogP) is 2.40. The molecule has 3 aromatic rings. The lowest BCUT2D eigenvalue weighted by Gasteiger charge is -2.39. The summed E-state index contributed by atoms with van der Waals surface area (Å²) in [4.78, 5) is 17.0. The maximum Gasteiger partial charge on any atom is 0.139 e. The summed E-state index contributed by atoms with van der Waals surface area (Å²) in [6.45, 7) is 2.83. The fraction of sp³-hybridized carbons (Fsp3) is 0.333. The first-order chi connectivity index (χ1) is 12.3. The Bertz CT molecular complexity index is 901. The topological polar surface area (TPSA) is 86.1 Å². The number of nitrogens with two attached hydrogens (primary N) is 1. The molecule has 2 aliphatic heterocycles. The number of fused-ring (bicyclic) bond motifs is 3. The fourth-order valence-corrected chi connectivity index (χ4v) is 4.00. The molecule has 1 atom stereocenters. The van der Waals surface area contributed by atoms with Gasteiger partial charge in [0.15, 0.2) is 0 Å². The number of rotatable bonds is 2. The fourth-order valence-electron chi connectivity index (χ4n) is 4.00. The Labute approximate surface area is 145 Å². The molecule has 128 valence electrons. The van der Waals surface area contributed by atoms with Crippen LogP contribution in [-0.4, -0.2) is 40.8 Å². The van der Waals surface area contributed by atoms with E-state index >= 15 is 0 Å². The summed E-state index contributed by atoms with van der Waals surface area (Å²) in [5, 5.41) is 4.68. The molecule has 25 heavy (non-hydrogen) atoms. The van der Waals surface area contributed by atoms with E-state index in [1.807, 2.05) is 24.5 Å². The lowest BCUT2D eigenvalue weighted by atomic mass is 10.0. The molecule has 0 bridgehead atoms. The monoisotopic (exact) mass is 335 g/mol. The lowest BCUT2D eigenvalue weighted by molar-refractivity contribution is 0.479. The third kappa shape index (κ3) is 2.34. The van der Waals surface area contributed by atoms with Crippen LogP contribution in [0.2, 0.25) is 0 Å². The van der Waals surface area contributed by atoms with Gasteiger partial charge in [-0.1, -0.05) is 0 Å². The number of nitrogens with zero attached hydrogens (tertiary/aromatic N) is 4. The summed E-state index contributed by atoms with van der Waals surface area (Å²) in [7, 11) is 0. The minimum atomic E-state index is 0.447. The van der Waals surface area contributed by atoms with Gasteiger partial charge in [0.2, 0.25) is 0 Å². The highest BCUT2D eigenvalue weighted by Crippen LogP contribution is 2.39. The Hall–Kier alpha value is -2.96. The van der Waals surface area contributed by atoms with Crippen molar-refractivity contribution in [1.29, 1.82) is 0 Å². The van der Waals surface area contributed by atoms with Crippen molar-refractivity contribution in [3.05, 3.63) is 36.8 Å². The standard InChI is InChI=1S/C18H21N7/c19-12-3-4-16(21-8-12)24-7-1-2-13(10-24)25-11-23-15-9-22-18-14(17(15)25)5-6-20-18/h3-6,8-9,13,23H,1-2,7,10-11,19H2,(H,20,22)/t13-/m1/s1. The highest BCUT2D eigenvalue weighted by molar-refractivity contribution is 5.98. The maximum absolute atomic E-state index is 5.77. The molecule has 2 aliphatic rings. The van der Waals surface area contributed by atoms with E-state index in [1.54, 1.807) is 6.20 Å². The number of H-pyrrole nitrogens is 1. The van der Waals surface area contributed by atoms with Gasteiger partial charge >= 0.3 is 0 Å². The Morgan fingerprint density at radius 1 is 1.16 bits per heavy atom. The molecule has 0 radical (unpaired) electrons. The van der Waals surface area contributed by atoms with Crippen LogP contribution in [0.15, 0.2) is 36.8 Å². The summed E-state index contributed by atoms with van der Waals surface area (Å²) in [5.74, 6) is 1.01. The average molecular weight is 335 g/mol. The molecule has 7 heteroatoms. The summed E-state index contributed by atoms with van der Waals surface area (Å²) in [6, 6.07) is 6.50. The number of nitrogens with one attached hydrogen (secondary N) is 2. The third-order valence-electron chi connectivity index (χ3n) is 5.22. The van der Waals surface area contributed by atoms with E-state index in [2.05, 4.69) is 36.1 Å². The number of piperidine rings is 1. The van der Waals surface area contributed by atoms with Gasteiger partial charge in [0.25, 0.3) is 0 Å². The number of hydrogen-bond donors (Lipinski definition) is 3. The Morgan fingerprint density at radius 3 is 3.00 bits per heavy atom. The molecule has 0 spiro atoms. The quantitative estimate of drug-likeness (QED) is 0.667. The van der Waals surface area contributed by atoms with Crippen LogP contribution in [0, 0.1) is 0 Å². The second-order valence-electron chi connectivity index (χ2n) is 6.76. The SMILES string of the molecule is Nc1ccc(N2CCC[C@@H](N3CNc4cnc5[nH]ccc5c43)C2)nc1. The Balaban J connectivity index is 1.45. The highest BCUT2D eigenvalue weighted by atomic mass is 15.3. The molecule has 7 nitrogen and oxygen atoms in total. The number of hydrogen-bond acceptors (Lipinski definition) is 6. The van der Waals surface area contributed by atoms with Crippen LogP contribution in [-0.2, 0) is 0 Å². The van der Waals surface area contributed by atoms with Crippen molar-refractivity contribution in [2.75, 3.05) is 40.6 Å². The van der Waals surface area contributed by atoms with E-state index in [4.69, 9.17) is 5.73 Å². The molecule has 3 aromatic heterocycles. The highest BCUT2D eigenvalue weighted by Gasteiger charge is 2.32. The van der Waals surface area contributed by atoms with Crippen LogP contribution in [0.5, 0.6) is 0 Å². The van der Waals surface area contributed by atoms with Crippen molar-refractivity contribution in [1.82, 2.24) is 15.0 Å². The van der Waals surface area contributed by atoms with Gasteiger partial charge in [0, 0.05) is 30.7 Å². The molecule has 0 amide bonds. The van der Waals surface area contributed by atoms with Crippen molar-refractivity contribution in [2.24, 2.45) is 0 Å². The zero-order valence-corrected chi connectivity index (χ0v) is 13.9.